The van der Waals surface area contributed by atoms with Crippen molar-refractivity contribution in [1.29, 1.82) is 0 Å². The normalized spacial score (nSPS) is 20.2. The van der Waals surface area contributed by atoms with E-state index in [4.69, 9.17) is 0 Å². The quantitative estimate of drug-likeness (QED) is 0.813. The van der Waals surface area contributed by atoms with Gasteiger partial charge in [0.2, 0.25) is 5.91 Å². The Hall–Kier alpha value is -1.00. The fourth-order valence-corrected chi connectivity index (χ4v) is 2.84. The molecule has 1 amide bonds. The summed E-state index contributed by atoms with van der Waals surface area (Å²) in [5.74, 6) is 0.668. The molecular formula is C15H22N2OS. The molecule has 1 aromatic rings. The number of rotatable bonds is 5. The number of carbonyl (C=O) groups is 1. The predicted molar refractivity (Wildman–Crippen MR) is 80.4 cm³/mol. The summed E-state index contributed by atoms with van der Waals surface area (Å²) in [4.78, 5) is 13.2. The van der Waals surface area contributed by atoms with Crippen LogP contribution in [0, 0.1) is 5.92 Å². The maximum Gasteiger partial charge on any atom is 0.220 e. The molecule has 1 aromatic carbocycles. The molecule has 1 heterocycles. The van der Waals surface area contributed by atoms with Gasteiger partial charge in [-0.15, -0.1) is 11.8 Å². The highest BCUT2D eigenvalue weighted by molar-refractivity contribution is 7.98. The lowest BCUT2D eigenvalue weighted by Gasteiger charge is -2.16. The van der Waals surface area contributed by atoms with Gasteiger partial charge in [-0.3, -0.25) is 4.79 Å². The third-order valence-electron chi connectivity index (χ3n) is 3.63. The van der Waals surface area contributed by atoms with Crippen LogP contribution in [-0.2, 0) is 4.79 Å². The first-order valence-corrected chi connectivity index (χ1v) is 8.05. The molecule has 104 valence electrons. The maximum absolute atomic E-state index is 12.0. The van der Waals surface area contributed by atoms with Crippen molar-refractivity contribution in [1.82, 2.24) is 10.6 Å². The lowest BCUT2D eigenvalue weighted by atomic mass is 10.0. The average molecular weight is 278 g/mol. The van der Waals surface area contributed by atoms with E-state index in [1.165, 1.54) is 4.90 Å². The van der Waals surface area contributed by atoms with Crippen molar-refractivity contribution in [3.8, 4) is 0 Å². The largest absolute Gasteiger partial charge is 0.350 e. The zero-order chi connectivity index (χ0) is 13.7. The molecule has 2 atom stereocenters. The van der Waals surface area contributed by atoms with Crippen LogP contribution in [0.25, 0.3) is 0 Å². The smallest absolute Gasteiger partial charge is 0.220 e. The Labute approximate surface area is 119 Å². The Balaban J connectivity index is 1.84. The molecule has 19 heavy (non-hydrogen) atoms. The van der Waals surface area contributed by atoms with Crippen molar-refractivity contribution in [2.24, 2.45) is 5.92 Å². The van der Waals surface area contributed by atoms with Gasteiger partial charge >= 0.3 is 0 Å². The van der Waals surface area contributed by atoms with Gasteiger partial charge in [-0.25, -0.2) is 0 Å². The van der Waals surface area contributed by atoms with E-state index in [2.05, 4.69) is 41.2 Å². The number of hydrogen-bond acceptors (Lipinski definition) is 3. The van der Waals surface area contributed by atoms with Crippen molar-refractivity contribution >= 4 is 17.7 Å². The van der Waals surface area contributed by atoms with E-state index in [0.29, 0.717) is 12.3 Å². The van der Waals surface area contributed by atoms with Gasteiger partial charge in [0, 0.05) is 11.3 Å². The van der Waals surface area contributed by atoms with Crippen molar-refractivity contribution in [2.75, 3.05) is 19.3 Å². The second kappa shape index (κ2) is 6.96. The zero-order valence-corrected chi connectivity index (χ0v) is 12.4. The minimum absolute atomic E-state index is 0.0813. The molecule has 0 spiro atoms. The Morgan fingerprint density at radius 1 is 1.47 bits per heavy atom. The Bertz CT molecular complexity index is 413. The highest BCUT2D eigenvalue weighted by atomic mass is 32.2. The summed E-state index contributed by atoms with van der Waals surface area (Å²) in [5, 5.41) is 6.38. The summed E-state index contributed by atoms with van der Waals surface area (Å²) >= 11 is 1.73. The second-order valence-corrected chi connectivity index (χ2v) is 6.00. The van der Waals surface area contributed by atoms with Crippen LogP contribution in [-0.4, -0.2) is 25.3 Å². The lowest BCUT2D eigenvalue weighted by molar-refractivity contribution is -0.122. The van der Waals surface area contributed by atoms with Crippen LogP contribution >= 0.6 is 11.8 Å². The number of nitrogens with one attached hydrogen (secondary N) is 2. The van der Waals surface area contributed by atoms with E-state index >= 15 is 0 Å². The first-order chi connectivity index (χ1) is 9.19. The molecule has 3 nitrogen and oxygen atoms in total. The van der Waals surface area contributed by atoms with Gasteiger partial charge in [-0.2, -0.15) is 0 Å². The molecule has 1 aliphatic heterocycles. The molecule has 0 aliphatic carbocycles. The van der Waals surface area contributed by atoms with Crippen LogP contribution in [0.3, 0.4) is 0 Å². The monoisotopic (exact) mass is 278 g/mol. The van der Waals surface area contributed by atoms with Crippen LogP contribution < -0.4 is 10.6 Å². The Morgan fingerprint density at radius 2 is 2.21 bits per heavy atom. The van der Waals surface area contributed by atoms with Gasteiger partial charge in [-0.05, 0) is 56.3 Å². The summed E-state index contributed by atoms with van der Waals surface area (Å²) < 4.78 is 0. The van der Waals surface area contributed by atoms with E-state index in [0.717, 1.165) is 25.1 Å². The maximum atomic E-state index is 12.0. The van der Waals surface area contributed by atoms with Crippen LogP contribution in [0.4, 0.5) is 0 Å². The fourth-order valence-electron chi connectivity index (χ4n) is 2.43. The summed E-state index contributed by atoms with van der Waals surface area (Å²) in [6, 6.07) is 8.47. The highest BCUT2D eigenvalue weighted by Gasteiger charge is 2.19. The third-order valence-corrected chi connectivity index (χ3v) is 4.37. The molecule has 1 aliphatic rings. The van der Waals surface area contributed by atoms with Crippen LogP contribution in [0.2, 0.25) is 0 Å². The Kier molecular flexibility index (Phi) is 5.28. The molecule has 0 aromatic heterocycles. The van der Waals surface area contributed by atoms with Crippen LogP contribution in [0.1, 0.15) is 31.4 Å². The van der Waals surface area contributed by atoms with E-state index in [-0.39, 0.29) is 11.9 Å². The number of carbonyl (C=O) groups excluding carboxylic acids is 1. The third kappa shape index (κ3) is 4.25. The molecule has 0 saturated carbocycles. The van der Waals surface area contributed by atoms with Crippen molar-refractivity contribution in [3.63, 3.8) is 0 Å². The molecule has 2 unspecified atom stereocenters. The minimum Gasteiger partial charge on any atom is -0.350 e. The van der Waals surface area contributed by atoms with Gasteiger partial charge in [0.25, 0.3) is 0 Å². The summed E-state index contributed by atoms with van der Waals surface area (Å²) in [6.45, 7) is 4.06. The predicted octanol–water partition coefficient (Wildman–Crippen LogP) is 2.59. The molecule has 1 saturated heterocycles. The van der Waals surface area contributed by atoms with Gasteiger partial charge in [-0.1, -0.05) is 12.1 Å². The van der Waals surface area contributed by atoms with E-state index in [1.807, 2.05) is 6.92 Å². The fraction of sp³-hybridized carbons (Fsp3) is 0.533. The second-order valence-electron chi connectivity index (χ2n) is 5.13. The lowest BCUT2D eigenvalue weighted by Crippen LogP contribution is -2.28. The van der Waals surface area contributed by atoms with Crippen molar-refractivity contribution < 1.29 is 4.79 Å². The molecule has 4 heteroatoms. The molecule has 0 bridgehead atoms. The number of thioether (sulfide) groups is 1. The van der Waals surface area contributed by atoms with Crippen molar-refractivity contribution in [2.45, 2.75) is 30.7 Å². The molecule has 1 fully saturated rings. The average Bonchev–Trinajstić information content (AvgIpc) is 2.91. The molecular weight excluding hydrogens is 256 g/mol. The van der Waals surface area contributed by atoms with Gasteiger partial charge < -0.3 is 10.6 Å². The van der Waals surface area contributed by atoms with E-state index < -0.39 is 0 Å². The first kappa shape index (κ1) is 14.4. The van der Waals surface area contributed by atoms with E-state index in [1.54, 1.807) is 11.8 Å². The number of amides is 1. The molecule has 0 radical (unpaired) electrons. The Morgan fingerprint density at radius 3 is 2.79 bits per heavy atom. The number of benzene rings is 1. The topological polar surface area (TPSA) is 41.1 Å². The van der Waals surface area contributed by atoms with Crippen LogP contribution in [0.15, 0.2) is 29.2 Å². The molecule has 2 rings (SSSR count). The SMILES string of the molecule is CSc1ccc(C(C)NC(=O)CC2CCNC2)cc1. The van der Waals surface area contributed by atoms with Crippen LogP contribution in [0.5, 0.6) is 0 Å². The number of hydrogen-bond donors (Lipinski definition) is 2. The molecule has 2 N–H and O–H groups in total. The van der Waals surface area contributed by atoms with Gasteiger partial charge in [0.05, 0.1) is 6.04 Å². The van der Waals surface area contributed by atoms with Gasteiger partial charge in [0.1, 0.15) is 0 Å². The zero-order valence-electron chi connectivity index (χ0n) is 11.6. The first-order valence-electron chi connectivity index (χ1n) is 6.83. The summed E-state index contributed by atoms with van der Waals surface area (Å²) in [7, 11) is 0. The van der Waals surface area contributed by atoms with Gasteiger partial charge in [0.15, 0.2) is 0 Å². The standard InChI is InChI=1S/C15H22N2OS/c1-11(13-3-5-14(19-2)6-4-13)17-15(18)9-12-7-8-16-10-12/h3-6,11-12,16H,7-10H2,1-2H3,(H,17,18). The summed E-state index contributed by atoms with van der Waals surface area (Å²) in [5.41, 5.74) is 1.16. The minimum atomic E-state index is 0.0813. The highest BCUT2D eigenvalue weighted by Crippen LogP contribution is 2.19. The summed E-state index contributed by atoms with van der Waals surface area (Å²) in [6.07, 6.45) is 3.82. The van der Waals surface area contributed by atoms with Crippen molar-refractivity contribution in [3.05, 3.63) is 29.8 Å². The van der Waals surface area contributed by atoms with E-state index in [9.17, 15) is 4.79 Å².